The van der Waals surface area contributed by atoms with Crippen LogP contribution in [-0.2, 0) is 28.6 Å². The molecule has 1 fully saturated rings. The number of hydrogen-bond donors (Lipinski definition) is 2. The number of Topliss-reactive ketones (excluding diaryl/α,β-unsaturated/α-hetero) is 2. The first-order valence-corrected chi connectivity index (χ1v) is 14.5. The highest BCUT2D eigenvalue weighted by atomic mass is 16.7. The lowest BCUT2D eigenvalue weighted by Gasteiger charge is -2.47. The van der Waals surface area contributed by atoms with Gasteiger partial charge in [-0.1, -0.05) is 20.8 Å². The van der Waals surface area contributed by atoms with E-state index in [-0.39, 0.29) is 35.7 Å². The number of aldehydes is 1. The minimum Gasteiger partial charge on any atom is -0.386 e. The average molecular weight is 557 g/mol. The van der Waals surface area contributed by atoms with Crippen molar-refractivity contribution in [2.75, 3.05) is 27.7 Å². The topological polar surface area (TPSA) is 114 Å². The first kappa shape index (κ1) is 35.8. The second-order valence-electron chi connectivity index (χ2n) is 12.5. The lowest BCUT2D eigenvalue weighted by atomic mass is 9.73. The van der Waals surface area contributed by atoms with Gasteiger partial charge in [0.25, 0.3) is 0 Å². The molecule has 39 heavy (non-hydrogen) atoms. The van der Waals surface area contributed by atoms with Crippen molar-refractivity contribution in [1.29, 1.82) is 0 Å². The number of hydrogen-bond acceptors (Lipinski definition) is 9. The Kier molecular flexibility index (Phi) is 14.4. The molecule has 0 radical (unpaired) electrons. The number of nitrogens with one attached hydrogen (secondary N) is 1. The second-order valence-corrected chi connectivity index (χ2v) is 12.5. The van der Waals surface area contributed by atoms with Gasteiger partial charge in [0.05, 0.1) is 23.2 Å². The molecule has 9 nitrogen and oxygen atoms in total. The maximum atomic E-state index is 13.7. The number of rotatable bonds is 18. The number of aliphatic hydroxyl groups is 1. The van der Waals surface area contributed by atoms with Crippen molar-refractivity contribution in [3.05, 3.63) is 0 Å². The molecule has 228 valence electrons. The molecule has 9 heteroatoms. The molecule has 0 aromatic rings. The SMILES string of the molecule is CC[C@H](CCC=O)NC[C@H](C)C[C@@](C)(OC)[C@H](OC1OC(C)C[C@H](N(C)C)[C@H]1O)[C@@H](C)C(=O)C(C)(C)C(C)=O. The summed E-state index contributed by atoms with van der Waals surface area (Å²) < 4.78 is 18.7. The van der Waals surface area contributed by atoms with E-state index in [4.69, 9.17) is 14.2 Å². The highest BCUT2D eigenvalue weighted by molar-refractivity contribution is 6.06. The van der Waals surface area contributed by atoms with Crippen LogP contribution in [0.15, 0.2) is 0 Å². The lowest BCUT2D eigenvalue weighted by Crippen LogP contribution is -2.59. The summed E-state index contributed by atoms with van der Waals surface area (Å²) in [5, 5.41) is 14.7. The highest BCUT2D eigenvalue weighted by Gasteiger charge is 2.50. The molecule has 2 N–H and O–H groups in total. The molecule has 1 aliphatic heterocycles. The Hall–Kier alpha value is -1.23. The van der Waals surface area contributed by atoms with Crippen molar-refractivity contribution in [2.24, 2.45) is 17.3 Å². The van der Waals surface area contributed by atoms with E-state index in [9.17, 15) is 19.5 Å². The fourth-order valence-electron chi connectivity index (χ4n) is 5.64. The van der Waals surface area contributed by atoms with E-state index in [0.29, 0.717) is 25.8 Å². The Bertz CT molecular complexity index is 789. The first-order valence-electron chi connectivity index (χ1n) is 14.5. The van der Waals surface area contributed by atoms with Gasteiger partial charge >= 0.3 is 0 Å². The maximum absolute atomic E-state index is 13.7. The van der Waals surface area contributed by atoms with Crippen LogP contribution in [0.3, 0.4) is 0 Å². The zero-order valence-corrected chi connectivity index (χ0v) is 26.3. The Labute approximate surface area is 236 Å². The molecule has 0 spiro atoms. The van der Waals surface area contributed by atoms with Gasteiger partial charge in [0.1, 0.15) is 18.2 Å². The third-order valence-corrected chi connectivity index (χ3v) is 8.62. The van der Waals surface area contributed by atoms with Crippen molar-refractivity contribution < 1.29 is 33.7 Å². The van der Waals surface area contributed by atoms with Gasteiger partial charge in [-0.05, 0) is 86.9 Å². The summed E-state index contributed by atoms with van der Waals surface area (Å²) in [4.78, 5) is 38.9. The van der Waals surface area contributed by atoms with Crippen LogP contribution in [0, 0.1) is 17.3 Å². The van der Waals surface area contributed by atoms with Crippen molar-refractivity contribution in [3.63, 3.8) is 0 Å². The third kappa shape index (κ3) is 9.68. The molecule has 1 heterocycles. The van der Waals surface area contributed by atoms with Crippen LogP contribution in [0.4, 0.5) is 0 Å². The van der Waals surface area contributed by atoms with Crippen molar-refractivity contribution in [3.8, 4) is 0 Å². The summed E-state index contributed by atoms with van der Waals surface area (Å²) in [7, 11) is 5.43. The molecule has 9 atom stereocenters. The fraction of sp³-hybridized carbons (Fsp3) is 0.900. The van der Waals surface area contributed by atoms with Gasteiger partial charge < -0.3 is 34.3 Å². The van der Waals surface area contributed by atoms with E-state index >= 15 is 0 Å². The molecule has 1 aliphatic rings. The minimum absolute atomic E-state index is 0.139. The number of carbonyl (C=O) groups excluding carboxylic acids is 3. The molecule has 0 aromatic heterocycles. The molecule has 0 aromatic carbocycles. The number of ketones is 2. The number of likely N-dealkylation sites (N-methyl/N-ethyl adjacent to an activating group) is 1. The molecule has 1 saturated heterocycles. The van der Waals surface area contributed by atoms with Crippen LogP contribution in [0.5, 0.6) is 0 Å². The number of aliphatic hydroxyl groups excluding tert-OH is 1. The fourth-order valence-corrected chi connectivity index (χ4v) is 5.64. The molecule has 0 bridgehead atoms. The largest absolute Gasteiger partial charge is 0.386 e. The van der Waals surface area contributed by atoms with Gasteiger partial charge in [-0.2, -0.15) is 0 Å². The third-order valence-electron chi connectivity index (χ3n) is 8.62. The van der Waals surface area contributed by atoms with Crippen molar-refractivity contribution in [2.45, 2.75) is 130 Å². The normalized spacial score (nSPS) is 26.9. The minimum atomic E-state index is -1.19. The van der Waals surface area contributed by atoms with Crippen LogP contribution in [0.25, 0.3) is 0 Å². The number of ether oxygens (including phenoxy) is 3. The first-order chi connectivity index (χ1) is 18.0. The zero-order valence-electron chi connectivity index (χ0n) is 26.3. The summed E-state index contributed by atoms with van der Waals surface area (Å²) in [5.41, 5.74) is -2.12. The van der Waals surface area contributed by atoms with Crippen LogP contribution in [0.1, 0.15) is 87.5 Å². The van der Waals surface area contributed by atoms with Gasteiger partial charge in [-0.15, -0.1) is 0 Å². The van der Waals surface area contributed by atoms with Crippen LogP contribution >= 0.6 is 0 Å². The number of methoxy groups -OCH3 is 1. The van der Waals surface area contributed by atoms with E-state index in [1.165, 1.54) is 6.92 Å². The van der Waals surface area contributed by atoms with Gasteiger partial charge in [-0.25, -0.2) is 0 Å². The van der Waals surface area contributed by atoms with E-state index in [2.05, 4.69) is 19.2 Å². The summed E-state index contributed by atoms with van der Waals surface area (Å²) >= 11 is 0. The Morgan fingerprint density at radius 1 is 1.23 bits per heavy atom. The van der Waals surface area contributed by atoms with Crippen LogP contribution < -0.4 is 5.32 Å². The summed E-state index contributed by atoms with van der Waals surface area (Å²) in [6.45, 7) is 15.2. The van der Waals surface area contributed by atoms with Gasteiger partial charge in [0, 0.05) is 31.5 Å². The summed E-state index contributed by atoms with van der Waals surface area (Å²) in [5.74, 6) is -1.03. The molecular weight excluding hydrogens is 500 g/mol. The lowest BCUT2D eigenvalue weighted by molar-refractivity contribution is -0.295. The smallest absolute Gasteiger partial charge is 0.185 e. The Morgan fingerprint density at radius 2 is 1.85 bits per heavy atom. The monoisotopic (exact) mass is 556 g/mol. The average Bonchev–Trinajstić information content (AvgIpc) is 2.87. The van der Waals surface area contributed by atoms with E-state index in [0.717, 1.165) is 19.1 Å². The van der Waals surface area contributed by atoms with Gasteiger partial charge in [-0.3, -0.25) is 9.59 Å². The van der Waals surface area contributed by atoms with E-state index in [1.54, 1.807) is 27.9 Å². The standard InChI is InChI=1S/C30H56N2O7/c1-12-23(14-13-15-33)31-18-19(2)17-30(8,37-11)27(21(4)26(36)29(6,7)22(5)34)39-28-25(35)24(32(9)10)16-20(3)38-28/h15,19-21,23-25,27-28,31,35H,12-14,16-18H2,1-11H3/t19-,20?,21+,23-,24+,25-,27-,28?,30-/m1/s1. The molecule has 0 saturated carbocycles. The molecule has 0 aliphatic carbocycles. The molecule has 2 unspecified atom stereocenters. The molecule has 1 rings (SSSR count). The molecular formula is C30H56N2O7. The van der Waals surface area contributed by atoms with Gasteiger partial charge in [0.15, 0.2) is 12.1 Å². The van der Waals surface area contributed by atoms with Crippen LogP contribution in [-0.4, -0.2) is 97.9 Å². The van der Waals surface area contributed by atoms with E-state index < -0.39 is 35.4 Å². The number of nitrogens with zero attached hydrogens (tertiary/aromatic N) is 1. The second kappa shape index (κ2) is 15.7. The maximum Gasteiger partial charge on any atom is 0.185 e. The predicted molar refractivity (Wildman–Crippen MR) is 153 cm³/mol. The summed E-state index contributed by atoms with van der Waals surface area (Å²) in [6.07, 6.45) is 1.55. The highest BCUT2D eigenvalue weighted by Crippen LogP contribution is 2.37. The Morgan fingerprint density at radius 3 is 2.33 bits per heavy atom. The quantitative estimate of drug-likeness (QED) is 0.194. The van der Waals surface area contributed by atoms with Crippen molar-refractivity contribution in [1.82, 2.24) is 10.2 Å². The predicted octanol–water partition coefficient (Wildman–Crippen LogP) is 3.40. The van der Waals surface area contributed by atoms with Gasteiger partial charge in [0.2, 0.25) is 0 Å². The summed E-state index contributed by atoms with van der Waals surface area (Å²) in [6, 6.07) is 0.0685. The van der Waals surface area contributed by atoms with Crippen LogP contribution in [0.2, 0.25) is 0 Å². The molecule has 0 amide bonds. The Balaban J connectivity index is 3.31. The zero-order chi connectivity index (χ0) is 30.1. The van der Waals surface area contributed by atoms with E-state index in [1.807, 2.05) is 32.8 Å². The van der Waals surface area contributed by atoms with Crippen molar-refractivity contribution >= 4 is 17.9 Å². The number of carbonyl (C=O) groups is 3.